The van der Waals surface area contributed by atoms with Crippen LogP contribution in [-0.2, 0) is 6.42 Å². The fourth-order valence-electron chi connectivity index (χ4n) is 2.33. The van der Waals surface area contributed by atoms with Gasteiger partial charge in [-0.15, -0.1) is 0 Å². The Balaban J connectivity index is 1.91. The maximum absolute atomic E-state index is 5.84. The van der Waals surface area contributed by atoms with Gasteiger partial charge in [-0.1, -0.05) is 24.2 Å². The Hall–Kier alpha value is -2.01. The molecule has 2 N–H and O–H groups in total. The molecule has 0 spiro atoms. The molecule has 1 aliphatic rings. The monoisotopic (exact) mass is 256 g/mol. The summed E-state index contributed by atoms with van der Waals surface area (Å²) in [6, 6.07) is 2.01. The summed E-state index contributed by atoms with van der Waals surface area (Å²) in [5.74, 6) is 1.41. The summed E-state index contributed by atoms with van der Waals surface area (Å²) in [5, 5.41) is 4.08. The Labute approximate surface area is 111 Å². The van der Waals surface area contributed by atoms with Crippen molar-refractivity contribution in [2.75, 3.05) is 0 Å². The van der Waals surface area contributed by atoms with Crippen LogP contribution in [0.2, 0.25) is 0 Å². The smallest absolute Gasteiger partial charge is 0.233 e. The van der Waals surface area contributed by atoms with Crippen molar-refractivity contribution in [1.29, 1.82) is 0 Å². The van der Waals surface area contributed by atoms with E-state index in [1.54, 1.807) is 6.20 Å². The first-order valence-corrected chi connectivity index (χ1v) is 6.48. The number of aryl methyl sites for hydroxylation is 1. The third-order valence-corrected chi connectivity index (χ3v) is 3.40. The summed E-state index contributed by atoms with van der Waals surface area (Å²) in [6.45, 7) is 2.08. The lowest BCUT2D eigenvalue weighted by Gasteiger charge is -2.03. The van der Waals surface area contributed by atoms with Gasteiger partial charge in [-0.25, -0.2) is 0 Å². The molecule has 98 valence electrons. The van der Waals surface area contributed by atoms with Gasteiger partial charge >= 0.3 is 0 Å². The van der Waals surface area contributed by atoms with E-state index < -0.39 is 0 Å². The highest BCUT2D eigenvalue weighted by atomic mass is 16.5. The van der Waals surface area contributed by atoms with Crippen LogP contribution in [0.1, 0.15) is 30.7 Å². The normalized spacial score (nSPS) is 22.0. The lowest BCUT2D eigenvalue weighted by Crippen LogP contribution is -2.14. The van der Waals surface area contributed by atoms with E-state index in [1.807, 2.05) is 24.4 Å². The van der Waals surface area contributed by atoms with Crippen LogP contribution in [0.15, 0.2) is 35.1 Å². The average molecular weight is 256 g/mol. The number of pyridine rings is 1. The molecule has 0 radical (unpaired) electrons. The number of aromatic nitrogens is 3. The number of hydrogen-bond donors (Lipinski definition) is 1. The number of rotatable bonds is 3. The molecule has 5 heteroatoms. The molecule has 0 fully saturated rings. The molecular formula is C14H16N4O. The Kier molecular flexibility index (Phi) is 3.13. The van der Waals surface area contributed by atoms with Crippen molar-refractivity contribution < 1.29 is 4.52 Å². The standard InChI is InChI=1S/C14H16N4O/c1-2-9-8-16-6-5-12(9)13-17-14(19-18-13)10-3-4-11(15)7-10/h3-6,8,10-11H,2,7,15H2,1H3. The van der Waals surface area contributed by atoms with Crippen LogP contribution in [0.3, 0.4) is 0 Å². The first kappa shape index (κ1) is 12.0. The Morgan fingerprint density at radius 2 is 2.32 bits per heavy atom. The van der Waals surface area contributed by atoms with Gasteiger partial charge in [0.05, 0.1) is 5.92 Å². The average Bonchev–Trinajstić information content (AvgIpc) is 3.07. The zero-order valence-electron chi connectivity index (χ0n) is 10.8. The Bertz CT molecular complexity index is 605. The van der Waals surface area contributed by atoms with Crippen LogP contribution in [-0.4, -0.2) is 21.2 Å². The molecule has 5 nitrogen and oxygen atoms in total. The molecule has 0 aliphatic heterocycles. The van der Waals surface area contributed by atoms with E-state index in [4.69, 9.17) is 10.3 Å². The quantitative estimate of drug-likeness (QED) is 0.850. The minimum absolute atomic E-state index is 0.0903. The summed E-state index contributed by atoms with van der Waals surface area (Å²) >= 11 is 0. The molecule has 0 bridgehead atoms. The van der Waals surface area contributed by atoms with E-state index in [9.17, 15) is 0 Å². The van der Waals surface area contributed by atoms with Gasteiger partial charge in [0.1, 0.15) is 0 Å². The van der Waals surface area contributed by atoms with Crippen molar-refractivity contribution in [3.8, 4) is 11.4 Å². The molecule has 2 aromatic rings. The van der Waals surface area contributed by atoms with Gasteiger partial charge in [0.25, 0.3) is 0 Å². The van der Waals surface area contributed by atoms with Gasteiger partial charge in [-0.3, -0.25) is 4.98 Å². The predicted molar refractivity (Wildman–Crippen MR) is 71.4 cm³/mol. The molecule has 2 aromatic heterocycles. The zero-order valence-corrected chi connectivity index (χ0v) is 10.8. The van der Waals surface area contributed by atoms with Gasteiger partial charge in [0.2, 0.25) is 11.7 Å². The van der Waals surface area contributed by atoms with E-state index in [0.29, 0.717) is 11.7 Å². The minimum Gasteiger partial charge on any atom is -0.338 e. The summed E-state index contributed by atoms with van der Waals surface area (Å²) < 4.78 is 5.36. The highest BCUT2D eigenvalue weighted by Crippen LogP contribution is 2.29. The summed E-state index contributed by atoms with van der Waals surface area (Å²) in [4.78, 5) is 8.62. The third-order valence-electron chi connectivity index (χ3n) is 3.40. The third kappa shape index (κ3) is 2.29. The van der Waals surface area contributed by atoms with Gasteiger partial charge in [0.15, 0.2) is 0 Å². The van der Waals surface area contributed by atoms with Gasteiger partial charge in [-0.05, 0) is 24.5 Å². The van der Waals surface area contributed by atoms with Gasteiger partial charge in [0, 0.05) is 24.0 Å². The molecule has 0 saturated heterocycles. The molecule has 2 unspecified atom stereocenters. The van der Waals surface area contributed by atoms with Crippen LogP contribution in [0, 0.1) is 0 Å². The molecular weight excluding hydrogens is 240 g/mol. The molecule has 1 aliphatic carbocycles. The highest BCUT2D eigenvalue weighted by molar-refractivity contribution is 5.58. The van der Waals surface area contributed by atoms with Crippen molar-refractivity contribution in [1.82, 2.24) is 15.1 Å². The zero-order chi connectivity index (χ0) is 13.2. The van der Waals surface area contributed by atoms with Crippen LogP contribution < -0.4 is 5.73 Å². The molecule has 2 atom stereocenters. The number of hydrogen-bond acceptors (Lipinski definition) is 5. The molecule has 0 amide bonds. The van der Waals surface area contributed by atoms with Crippen LogP contribution in [0.4, 0.5) is 0 Å². The lowest BCUT2D eigenvalue weighted by molar-refractivity contribution is 0.365. The summed E-state index contributed by atoms with van der Waals surface area (Å²) in [7, 11) is 0. The highest BCUT2D eigenvalue weighted by Gasteiger charge is 2.23. The fraction of sp³-hybridized carbons (Fsp3) is 0.357. The van der Waals surface area contributed by atoms with Gasteiger partial charge < -0.3 is 10.3 Å². The van der Waals surface area contributed by atoms with Crippen molar-refractivity contribution >= 4 is 0 Å². The summed E-state index contributed by atoms with van der Waals surface area (Å²) in [6.07, 6.45) is 9.33. The second-order valence-corrected chi connectivity index (χ2v) is 4.73. The SMILES string of the molecule is CCc1cnccc1-c1noc(C2C=CC(N)C2)n1. The first-order chi connectivity index (χ1) is 9.28. The van der Waals surface area contributed by atoms with E-state index in [2.05, 4.69) is 22.0 Å². The van der Waals surface area contributed by atoms with E-state index in [0.717, 1.165) is 24.0 Å². The second kappa shape index (κ2) is 4.93. The Morgan fingerprint density at radius 3 is 3.05 bits per heavy atom. The van der Waals surface area contributed by atoms with E-state index in [1.165, 1.54) is 0 Å². The topological polar surface area (TPSA) is 77.8 Å². The van der Waals surface area contributed by atoms with Crippen LogP contribution >= 0.6 is 0 Å². The molecule has 0 saturated carbocycles. The van der Waals surface area contributed by atoms with Crippen LogP contribution in [0.25, 0.3) is 11.4 Å². The van der Waals surface area contributed by atoms with Crippen LogP contribution in [0.5, 0.6) is 0 Å². The van der Waals surface area contributed by atoms with E-state index >= 15 is 0 Å². The molecule has 0 aromatic carbocycles. The number of nitrogens with two attached hydrogens (primary N) is 1. The van der Waals surface area contributed by atoms with Crippen molar-refractivity contribution in [3.63, 3.8) is 0 Å². The molecule has 2 heterocycles. The van der Waals surface area contributed by atoms with Crippen molar-refractivity contribution in [3.05, 3.63) is 42.1 Å². The van der Waals surface area contributed by atoms with Crippen molar-refractivity contribution in [2.24, 2.45) is 5.73 Å². The summed E-state index contributed by atoms with van der Waals surface area (Å²) in [5.41, 5.74) is 7.95. The molecule has 3 rings (SSSR count). The number of nitrogens with zero attached hydrogens (tertiary/aromatic N) is 3. The number of allylic oxidation sites excluding steroid dienone is 1. The maximum atomic E-state index is 5.84. The minimum atomic E-state index is 0.0903. The second-order valence-electron chi connectivity index (χ2n) is 4.73. The fourth-order valence-corrected chi connectivity index (χ4v) is 2.33. The van der Waals surface area contributed by atoms with Gasteiger partial charge in [-0.2, -0.15) is 4.98 Å². The Morgan fingerprint density at radius 1 is 1.42 bits per heavy atom. The van der Waals surface area contributed by atoms with E-state index in [-0.39, 0.29) is 12.0 Å². The predicted octanol–water partition coefficient (Wildman–Crippen LogP) is 2.06. The maximum Gasteiger partial charge on any atom is 0.233 e. The molecule has 19 heavy (non-hydrogen) atoms. The van der Waals surface area contributed by atoms with Crippen molar-refractivity contribution in [2.45, 2.75) is 31.7 Å². The lowest BCUT2D eigenvalue weighted by atomic mass is 10.1. The largest absolute Gasteiger partial charge is 0.338 e. The first-order valence-electron chi connectivity index (χ1n) is 6.48.